The number of carbonyl (C=O) groups excluding carboxylic acids is 3. The largest absolute Gasteiger partial charge is 0.392 e. The molecule has 0 aromatic heterocycles. The molecule has 2 fully saturated rings. The molecule has 1 spiro atoms. The molecule has 0 unspecified atom stereocenters. The van der Waals surface area contributed by atoms with E-state index in [0.29, 0.717) is 22.7 Å². The Morgan fingerprint density at radius 2 is 1.93 bits per heavy atom. The van der Waals surface area contributed by atoms with Gasteiger partial charge >= 0.3 is 0 Å². The highest BCUT2D eigenvalue weighted by molar-refractivity contribution is 6.35. The number of nitrogens with zero attached hydrogens (tertiary/aromatic N) is 1. The third-order valence-electron chi connectivity index (χ3n) is 6.44. The summed E-state index contributed by atoms with van der Waals surface area (Å²) in [5, 5.41) is 16.7. The molecule has 1 aromatic rings. The van der Waals surface area contributed by atoms with Crippen molar-refractivity contribution >= 4 is 35.0 Å². The minimum atomic E-state index is -1.42. The number of benzene rings is 1. The molecule has 7 nitrogen and oxygen atoms in total. The monoisotopic (exact) mass is 405 g/mol. The summed E-state index contributed by atoms with van der Waals surface area (Å²) in [5.74, 6) is -2.86. The minimum absolute atomic E-state index is 0.276. The number of carbonyl (C=O) groups is 3. The number of imide groups is 1. The van der Waals surface area contributed by atoms with Crippen LogP contribution in [-0.2, 0) is 19.9 Å². The zero-order chi connectivity index (χ0) is 20.5. The molecule has 4 rings (SSSR count). The highest BCUT2D eigenvalue weighted by atomic mass is 35.5. The van der Waals surface area contributed by atoms with Crippen molar-refractivity contribution in [2.45, 2.75) is 57.8 Å². The van der Waals surface area contributed by atoms with Gasteiger partial charge in [-0.25, -0.2) is 0 Å². The van der Waals surface area contributed by atoms with Gasteiger partial charge in [0.05, 0.1) is 28.6 Å². The van der Waals surface area contributed by atoms with Crippen molar-refractivity contribution < 1.29 is 19.5 Å². The van der Waals surface area contributed by atoms with E-state index in [1.54, 1.807) is 13.0 Å². The zero-order valence-electron chi connectivity index (χ0n) is 16.2. The van der Waals surface area contributed by atoms with Crippen molar-refractivity contribution in [1.82, 2.24) is 10.2 Å². The Bertz CT molecular complexity index is 902. The molecular formula is C20H24ClN3O4. The first-order valence-electron chi connectivity index (χ1n) is 9.59. The van der Waals surface area contributed by atoms with E-state index in [4.69, 9.17) is 11.6 Å². The molecule has 0 saturated carbocycles. The summed E-state index contributed by atoms with van der Waals surface area (Å²) in [4.78, 5) is 41.1. The Morgan fingerprint density at radius 3 is 2.54 bits per heavy atom. The lowest BCUT2D eigenvalue weighted by Crippen LogP contribution is -2.55. The molecule has 28 heavy (non-hydrogen) atoms. The lowest BCUT2D eigenvalue weighted by atomic mass is 9.76. The van der Waals surface area contributed by atoms with Crippen LogP contribution in [-0.4, -0.2) is 45.9 Å². The molecule has 3 amide bonds. The Balaban J connectivity index is 1.94. The summed E-state index contributed by atoms with van der Waals surface area (Å²) in [6, 6.07) is 2.57. The van der Waals surface area contributed by atoms with Crippen molar-refractivity contribution in [2.75, 3.05) is 5.32 Å². The molecule has 1 aromatic carbocycles. The minimum Gasteiger partial charge on any atom is -0.392 e. The summed E-state index contributed by atoms with van der Waals surface area (Å²) in [7, 11) is 0. The van der Waals surface area contributed by atoms with Gasteiger partial charge in [0.1, 0.15) is 5.54 Å². The van der Waals surface area contributed by atoms with Crippen LogP contribution in [0.5, 0.6) is 0 Å². The standard InChI is InChI=1S/C20H24ClN3O4/c1-5-9(3)24-17(26)13-14(18(24)27)20(23-15(13)10(4)25)11-6-8(2)7-12(21)16(11)22-19(20)28/h6-7,9-10,13-15,23,25H,5H2,1-4H3,(H,22,28)/t9-,10+,13+,14+,15-,20+/m1/s1. The molecule has 2 saturated heterocycles. The van der Waals surface area contributed by atoms with E-state index >= 15 is 0 Å². The molecule has 3 aliphatic heterocycles. The van der Waals surface area contributed by atoms with Crippen LogP contribution in [0.25, 0.3) is 0 Å². The van der Waals surface area contributed by atoms with E-state index in [9.17, 15) is 19.5 Å². The molecular weight excluding hydrogens is 382 g/mol. The Morgan fingerprint density at radius 1 is 1.25 bits per heavy atom. The molecule has 0 radical (unpaired) electrons. The fourth-order valence-electron chi connectivity index (χ4n) is 4.98. The first-order valence-corrected chi connectivity index (χ1v) is 9.97. The third-order valence-corrected chi connectivity index (χ3v) is 6.74. The van der Waals surface area contributed by atoms with Gasteiger partial charge in [-0.2, -0.15) is 0 Å². The molecule has 8 heteroatoms. The van der Waals surface area contributed by atoms with E-state index in [1.807, 2.05) is 26.8 Å². The van der Waals surface area contributed by atoms with E-state index in [1.165, 1.54) is 4.90 Å². The number of fused-ring (bicyclic) bond motifs is 4. The summed E-state index contributed by atoms with van der Waals surface area (Å²) < 4.78 is 0. The van der Waals surface area contributed by atoms with Gasteiger partial charge in [0.2, 0.25) is 17.7 Å². The lowest BCUT2D eigenvalue weighted by Gasteiger charge is -2.31. The molecule has 3 N–H and O–H groups in total. The summed E-state index contributed by atoms with van der Waals surface area (Å²) in [5.41, 5.74) is 0.436. The molecule has 3 heterocycles. The lowest BCUT2D eigenvalue weighted by molar-refractivity contribution is -0.145. The first-order chi connectivity index (χ1) is 13.1. The maximum absolute atomic E-state index is 13.4. The maximum Gasteiger partial charge on any atom is 0.250 e. The zero-order valence-corrected chi connectivity index (χ0v) is 17.0. The Labute approximate surface area is 168 Å². The van der Waals surface area contributed by atoms with E-state index in [0.717, 1.165) is 5.56 Å². The average Bonchev–Trinajstić information content (AvgIpc) is 3.21. The number of aliphatic hydroxyl groups is 1. The highest BCUT2D eigenvalue weighted by Crippen LogP contribution is 2.55. The van der Waals surface area contributed by atoms with Crippen molar-refractivity contribution in [3.63, 3.8) is 0 Å². The topological polar surface area (TPSA) is 98.7 Å². The van der Waals surface area contributed by atoms with Crippen LogP contribution in [0.3, 0.4) is 0 Å². The number of likely N-dealkylation sites (tertiary alicyclic amines) is 1. The molecule has 0 aliphatic carbocycles. The van der Waals surface area contributed by atoms with Crippen LogP contribution in [0.15, 0.2) is 12.1 Å². The number of rotatable bonds is 3. The second-order valence-corrected chi connectivity index (χ2v) is 8.56. The molecule has 0 bridgehead atoms. The fourth-order valence-corrected chi connectivity index (χ4v) is 5.30. The first kappa shape index (κ1) is 19.4. The van der Waals surface area contributed by atoms with Gasteiger partial charge in [-0.1, -0.05) is 24.6 Å². The van der Waals surface area contributed by atoms with Gasteiger partial charge in [-0.3, -0.25) is 24.6 Å². The number of aryl methyl sites for hydroxylation is 1. The number of nitrogens with one attached hydrogen (secondary N) is 2. The van der Waals surface area contributed by atoms with E-state index in [2.05, 4.69) is 10.6 Å². The van der Waals surface area contributed by atoms with Crippen LogP contribution in [0.1, 0.15) is 38.3 Å². The summed E-state index contributed by atoms with van der Waals surface area (Å²) >= 11 is 6.36. The van der Waals surface area contributed by atoms with E-state index < -0.39 is 35.4 Å². The Kier molecular flexibility index (Phi) is 4.34. The van der Waals surface area contributed by atoms with E-state index in [-0.39, 0.29) is 17.9 Å². The number of hydrogen-bond donors (Lipinski definition) is 3. The molecule has 150 valence electrons. The van der Waals surface area contributed by atoms with Crippen molar-refractivity contribution in [3.8, 4) is 0 Å². The molecule has 3 aliphatic rings. The SMILES string of the molecule is CC[C@@H](C)N1C(=O)[C@@H]2[C@@H]([C@H](C)O)N[C@]3(C(=O)Nc4c(Cl)cc(C)cc43)[C@@H]2C1=O. The van der Waals surface area contributed by atoms with Gasteiger partial charge in [0, 0.05) is 17.6 Å². The van der Waals surface area contributed by atoms with Gasteiger partial charge in [-0.15, -0.1) is 0 Å². The van der Waals surface area contributed by atoms with Crippen LogP contribution >= 0.6 is 11.6 Å². The second kappa shape index (κ2) is 6.27. The number of aliphatic hydroxyl groups excluding tert-OH is 1. The predicted molar refractivity (Wildman–Crippen MR) is 104 cm³/mol. The van der Waals surface area contributed by atoms with Crippen LogP contribution in [0.4, 0.5) is 5.69 Å². The van der Waals surface area contributed by atoms with Crippen molar-refractivity contribution in [1.29, 1.82) is 0 Å². The third kappa shape index (κ3) is 2.27. The normalized spacial score (nSPS) is 33.3. The van der Waals surface area contributed by atoms with Gasteiger partial charge in [0.25, 0.3) is 0 Å². The fraction of sp³-hybridized carbons (Fsp3) is 0.550. The van der Waals surface area contributed by atoms with Crippen LogP contribution < -0.4 is 10.6 Å². The smallest absolute Gasteiger partial charge is 0.250 e. The summed E-state index contributed by atoms with van der Waals surface area (Å²) in [6.45, 7) is 7.14. The van der Waals surface area contributed by atoms with Crippen LogP contribution in [0.2, 0.25) is 5.02 Å². The summed E-state index contributed by atoms with van der Waals surface area (Å²) in [6.07, 6.45) is -0.303. The van der Waals surface area contributed by atoms with Gasteiger partial charge in [-0.05, 0) is 38.8 Å². The highest BCUT2D eigenvalue weighted by Gasteiger charge is 2.71. The van der Waals surface area contributed by atoms with Gasteiger partial charge < -0.3 is 10.4 Å². The number of hydrogen-bond acceptors (Lipinski definition) is 5. The average molecular weight is 406 g/mol. The van der Waals surface area contributed by atoms with Crippen LogP contribution in [0, 0.1) is 18.8 Å². The maximum atomic E-state index is 13.4. The van der Waals surface area contributed by atoms with Gasteiger partial charge in [0.15, 0.2) is 0 Å². The second-order valence-electron chi connectivity index (χ2n) is 8.15. The predicted octanol–water partition coefficient (Wildman–Crippen LogP) is 1.55. The number of anilines is 1. The van der Waals surface area contributed by atoms with Crippen molar-refractivity contribution in [3.05, 3.63) is 28.3 Å². The van der Waals surface area contributed by atoms with Crippen molar-refractivity contribution in [2.24, 2.45) is 11.8 Å². The number of amides is 3. The Hall–Kier alpha value is -1.96. The quantitative estimate of drug-likeness (QED) is 0.663. The number of halogens is 1. The molecule has 6 atom stereocenters.